The van der Waals surface area contributed by atoms with Crippen LogP contribution in [0.3, 0.4) is 0 Å². The molecule has 3 aromatic rings. The fourth-order valence-corrected chi connectivity index (χ4v) is 3.67. The van der Waals surface area contributed by atoms with Crippen LogP contribution in [0.25, 0.3) is 20.2 Å². The zero-order valence-corrected chi connectivity index (χ0v) is 12.5. The Morgan fingerprint density at radius 1 is 1.00 bits per heavy atom. The van der Waals surface area contributed by atoms with Crippen LogP contribution < -0.4 is 0 Å². The molecule has 0 spiro atoms. The number of hydrogen-bond donors (Lipinski definition) is 0. The highest BCUT2D eigenvalue weighted by Crippen LogP contribution is 2.34. The van der Waals surface area contributed by atoms with Crippen LogP contribution in [0.5, 0.6) is 0 Å². The summed E-state index contributed by atoms with van der Waals surface area (Å²) in [6, 6.07) is 14.5. The third-order valence-corrected chi connectivity index (χ3v) is 4.86. The number of thiophene rings is 1. The first-order valence-electron chi connectivity index (χ1n) is 7.24. The molecule has 0 atom stereocenters. The molecule has 1 nitrogen and oxygen atoms in total. The Hall–Kier alpha value is -1.67. The molecule has 0 aliphatic rings. The van der Waals surface area contributed by atoms with E-state index in [0.29, 0.717) is 6.42 Å². The summed E-state index contributed by atoms with van der Waals surface area (Å²) >= 11 is 1.79. The molecule has 1 aromatic heterocycles. The van der Waals surface area contributed by atoms with E-state index in [4.69, 9.17) is 0 Å². The molecule has 0 saturated heterocycles. The lowest BCUT2D eigenvalue weighted by Crippen LogP contribution is -1.98. The molecule has 0 fully saturated rings. The van der Waals surface area contributed by atoms with Crippen molar-refractivity contribution in [2.45, 2.75) is 32.6 Å². The van der Waals surface area contributed by atoms with Crippen molar-refractivity contribution in [1.29, 1.82) is 0 Å². The van der Waals surface area contributed by atoms with Crippen LogP contribution >= 0.6 is 11.3 Å². The van der Waals surface area contributed by atoms with Gasteiger partial charge >= 0.3 is 0 Å². The molecule has 0 aliphatic carbocycles. The Labute approximate surface area is 123 Å². The third-order valence-electron chi connectivity index (χ3n) is 3.71. The second-order valence-corrected chi connectivity index (χ2v) is 6.27. The zero-order chi connectivity index (χ0) is 13.9. The molecule has 0 radical (unpaired) electrons. The van der Waals surface area contributed by atoms with Crippen LogP contribution in [0.15, 0.2) is 42.5 Å². The topological polar surface area (TPSA) is 17.1 Å². The van der Waals surface area contributed by atoms with Gasteiger partial charge in [-0.25, -0.2) is 0 Å². The van der Waals surface area contributed by atoms with E-state index in [1.54, 1.807) is 11.3 Å². The van der Waals surface area contributed by atoms with Gasteiger partial charge in [0.15, 0.2) is 5.78 Å². The minimum absolute atomic E-state index is 0.274. The summed E-state index contributed by atoms with van der Waals surface area (Å²) in [6.07, 6.45) is 3.95. The molecule has 2 heteroatoms. The first-order chi connectivity index (χ1) is 9.79. The second-order valence-electron chi connectivity index (χ2n) is 5.19. The molecule has 102 valence electrons. The molecular weight excluding hydrogens is 264 g/mol. The average molecular weight is 282 g/mol. The van der Waals surface area contributed by atoms with Crippen LogP contribution in [-0.4, -0.2) is 5.78 Å². The molecule has 3 rings (SSSR count). The van der Waals surface area contributed by atoms with E-state index in [2.05, 4.69) is 43.3 Å². The van der Waals surface area contributed by atoms with Crippen molar-refractivity contribution >= 4 is 37.3 Å². The van der Waals surface area contributed by atoms with E-state index in [-0.39, 0.29) is 5.78 Å². The maximum Gasteiger partial charge on any atom is 0.162 e. The summed E-state index contributed by atoms with van der Waals surface area (Å²) in [5.41, 5.74) is 0.858. The van der Waals surface area contributed by atoms with Gasteiger partial charge in [0.1, 0.15) is 0 Å². The number of hydrogen-bond acceptors (Lipinski definition) is 2. The van der Waals surface area contributed by atoms with E-state index < -0.39 is 0 Å². The molecule has 20 heavy (non-hydrogen) atoms. The number of fused-ring (bicyclic) bond motifs is 3. The van der Waals surface area contributed by atoms with E-state index in [1.807, 2.05) is 6.07 Å². The first-order valence-corrected chi connectivity index (χ1v) is 8.05. The van der Waals surface area contributed by atoms with E-state index in [0.717, 1.165) is 24.8 Å². The lowest BCUT2D eigenvalue weighted by Gasteiger charge is -2.01. The summed E-state index contributed by atoms with van der Waals surface area (Å²) in [6.45, 7) is 2.16. The van der Waals surface area contributed by atoms with Crippen molar-refractivity contribution < 1.29 is 4.79 Å². The number of carbonyl (C=O) groups excluding carboxylic acids is 1. The summed E-state index contributed by atoms with van der Waals surface area (Å²) in [5.74, 6) is 0.274. The summed E-state index contributed by atoms with van der Waals surface area (Å²) in [4.78, 5) is 12.2. The van der Waals surface area contributed by atoms with Crippen LogP contribution in [-0.2, 0) is 0 Å². The van der Waals surface area contributed by atoms with Gasteiger partial charge in [-0.15, -0.1) is 11.3 Å². The third kappa shape index (κ3) is 2.48. The smallest absolute Gasteiger partial charge is 0.162 e. The predicted molar refractivity (Wildman–Crippen MR) is 87.8 cm³/mol. The molecule has 0 amide bonds. The summed E-state index contributed by atoms with van der Waals surface area (Å²) in [7, 11) is 0. The molecule has 0 unspecified atom stereocenters. The molecule has 2 aromatic carbocycles. The molecule has 0 bridgehead atoms. The molecule has 0 saturated carbocycles. The Morgan fingerprint density at radius 2 is 1.80 bits per heavy atom. The van der Waals surface area contributed by atoms with Gasteiger partial charge in [0, 0.05) is 32.2 Å². The maximum absolute atomic E-state index is 12.2. The largest absolute Gasteiger partial charge is 0.294 e. The zero-order valence-electron chi connectivity index (χ0n) is 11.7. The number of rotatable bonds is 5. The Balaban J connectivity index is 1.97. The lowest BCUT2D eigenvalue weighted by molar-refractivity contribution is 0.0979. The van der Waals surface area contributed by atoms with E-state index >= 15 is 0 Å². The summed E-state index contributed by atoms with van der Waals surface area (Å²) in [5, 5.41) is 2.47. The highest BCUT2D eigenvalue weighted by molar-refractivity contribution is 7.25. The lowest BCUT2D eigenvalue weighted by atomic mass is 10.0. The first kappa shape index (κ1) is 13.3. The second kappa shape index (κ2) is 5.76. The van der Waals surface area contributed by atoms with Gasteiger partial charge in [-0.2, -0.15) is 0 Å². The fourth-order valence-electron chi connectivity index (χ4n) is 2.58. The van der Waals surface area contributed by atoms with Gasteiger partial charge in [-0.1, -0.05) is 38.0 Å². The van der Waals surface area contributed by atoms with Crippen molar-refractivity contribution in [1.82, 2.24) is 0 Å². The van der Waals surface area contributed by atoms with Crippen molar-refractivity contribution in [2.75, 3.05) is 0 Å². The highest BCUT2D eigenvalue weighted by Gasteiger charge is 2.09. The van der Waals surface area contributed by atoms with E-state index in [9.17, 15) is 4.79 Å². The number of Topliss-reactive ketones (excluding diaryl/α,β-unsaturated/α-hetero) is 1. The monoisotopic (exact) mass is 282 g/mol. The number of unbranched alkanes of at least 4 members (excludes halogenated alkanes) is 2. The fraction of sp³-hybridized carbons (Fsp3) is 0.278. The Bertz CT molecular complexity index is 754. The maximum atomic E-state index is 12.2. The molecular formula is C18H18OS. The normalized spacial score (nSPS) is 11.2. The molecule has 0 aliphatic heterocycles. The minimum atomic E-state index is 0.274. The Kier molecular flexibility index (Phi) is 3.83. The highest BCUT2D eigenvalue weighted by atomic mass is 32.1. The molecule has 0 N–H and O–H groups in total. The van der Waals surface area contributed by atoms with Crippen molar-refractivity contribution in [3.05, 3.63) is 48.0 Å². The summed E-state index contributed by atoms with van der Waals surface area (Å²) < 4.78 is 2.55. The van der Waals surface area contributed by atoms with Crippen molar-refractivity contribution in [3.8, 4) is 0 Å². The number of carbonyl (C=O) groups is 1. The van der Waals surface area contributed by atoms with Gasteiger partial charge in [0.05, 0.1) is 0 Å². The standard InChI is InChI=1S/C18H18OS/c1-2-3-4-8-16(19)13-10-11-18-15(12-13)14-7-5-6-9-17(14)20-18/h5-7,9-12H,2-4,8H2,1H3. The van der Waals surface area contributed by atoms with Crippen LogP contribution in [0.4, 0.5) is 0 Å². The average Bonchev–Trinajstić information content (AvgIpc) is 2.85. The molecule has 1 heterocycles. The number of ketones is 1. The van der Waals surface area contributed by atoms with Crippen LogP contribution in [0, 0.1) is 0 Å². The van der Waals surface area contributed by atoms with Crippen LogP contribution in [0.2, 0.25) is 0 Å². The van der Waals surface area contributed by atoms with Gasteiger partial charge in [-0.05, 0) is 30.7 Å². The van der Waals surface area contributed by atoms with Gasteiger partial charge in [-0.3, -0.25) is 4.79 Å². The van der Waals surface area contributed by atoms with Crippen molar-refractivity contribution in [3.63, 3.8) is 0 Å². The Morgan fingerprint density at radius 3 is 2.65 bits per heavy atom. The van der Waals surface area contributed by atoms with Crippen molar-refractivity contribution in [2.24, 2.45) is 0 Å². The van der Waals surface area contributed by atoms with Gasteiger partial charge in [0.2, 0.25) is 0 Å². The quantitative estimate of drug-likeness (QED) is 0.426. The van der Waals surface area contributed by atoms with Crippen LogP contribution in [0.1, 0.15) is 43.0 Å². The minimum Gasteiger partial charge on any atom is -0.294 e. The van der Waals surface area contributed by atoms with Gasteiger partial charge in [0.25, 0.3) is 0 Å². The SMILES string of the molecule is CCCCCC(=O)c1ccc2sc3ccccc3c2c1. The van der Waals surface area contributed by atoms with Gasteiger partial charge < -0.3 is 0 Å². The predicted octanol–water partition coefficient (Wildman–Crippen LogP) is 5.82. The number of benzene rings is 2. The van der Waals surface area contributed by atoms with E-state index in [1.165, 1.54) is 20.2 Å².